The molecule has 23 heavy (non-hydrogen) atoms. The number of hydrogen-bond donors (Lipinski definition) is 3. The summed E-state index contributed by atoms with van der Waals surface area (Å²) in [6, 6.07) is 0.447. The molecule has 0 saturated carbocycles. The Labute approximate surface area is 139 Å². The van der Waals surface area contributed by atoms with Crippen molar-refractivity contribution in [2.24, 2.45) is 11.8 Å². The van der Waals surface area contributed by atoms with Gasteiger partial charge in [-0.25, -0.2) is 4.79 Å². The van der Waals surface area contributed by atoms with Gasteiger partial charge >= 0.3 is 6.03 Å². The SMILES string of the molecule is CC(C)CNC(=O)N1CCCC(CC(=O)NCC2CCCN2)C1. The zero-order valence-corrected chi connectivity index (χ0v) is 14.6. The molecule has 2 unspecified atom stereocenters. The van der Waals surface area contributed by atoms with Crippen LogP contribution in [0.15, 0.2) is 0 Å². The highest BCUT2D eigenvalue weighted by molar-refractivity contribution is 5.77. The number of amides is 3. The quantitative estimate of drug-likeness (QED) is 0.690. The lowest BCUT2D eigenvalue weighted by atomic mass is 9.94. The lowest BCUT2D eigenvalue weighted by Gasteiger charge is -2.32. The minimum atomic E-state index is 0.0129. The molecule has 0 bridgehead atoms. The topological polar surface area (TPSA) is 73.5 Å². The van der Waals surface area contributed by atoms with E-state index in [2.05, 4.69) is 29.8 Å². The van der Waals surface area contributed by atoms with Gasteiger partial charge in [0, 0.05) is 38.6 Å². The monoisotopic (exact) mass is 324 g/mol. The number of rotatable bonds is 6. The highest BCUT2D eigenvalue weighted by Crippen LogP contribution is 2.19. The Balaban J connectivity index is 1.68. The van der Waals surface area contributed by atoms with Gasteiger partial charge in [-0.1, -0.05) is 13.8 Å². The van der Waals surface area contributed by atoms with Crippen LogP contribution in [0.5, 0.6) is 0 Å². The summed E-state index contributed by atoms with van der Waals surface area (Å²) in [6.45, 7) is 8.15. The molecule has 6 nitrogen and oxygen atoms in total. The molecular weight excluding hydrogens is 292 g/mol. The second-order valence-corrected chi connectivity index (χ2v) is 7.34. The van der Waals surface area contributed by atoms with Crippen molar-refractivity contribution in [3.8, 4) is 0 Å². The maximum atomic E-state index is 12.1. The number of carbonyl (C=O) groups is 2. The van der Waals surface area contributed by atoms with Gasteiger partial charge in [-0.15, -0.1) is 0 Å². The Hall–Kier alpha value is -1.30. The molecule has 2 aliphatic heterocycles. The van der Waals surface area contributed by atoms with Gasteiger partial charge in [0.2, 0.25) is 5.91 Å². The number of nitrogens with zero attached hydrogens (tertiary/aromatic N) is 1. The summed E-state index contributed by atoms with van der Waals surface area (Å²) in [5.74, 6) is 0.854. The molecule has 0 aromatic rings. The van der Waals surface area contributed by atoms with Crippen molar-refractivity contribution < 1.29 is 9.59 Å². The second-order valence-electron chi connectivity index (χ2n) is 7.34. The summed E-state index contributed by atoms with van der Waals surface area (Å²) < 4.78 is 0. The van der Waals surface area contributed by atoms with Crippen LogP contribution in [0.25, 0.3) is 0 Å². The van der Waals surface area contributed by atoms with Gasteiger partial charge in [0.1, 0.15) is 0 Å². The van der Waals surface area contributed by atoms with Crippen LogP contribution < -0.4 is 16.0 Å². The molecule has 6 heteroatoms. The molecule has 2 aliphatic rings. The van der Waals surface area contributed by atoms with Crippen LogP contribution in [0.3, 0.4) is 0 Å². The Morgan fingerprint density at radius 1 is 1.22 bits per heavy atom. The lowest BCUT2D eigenvalue weighted by Crippen LogP contribution is -2.47. The van der Waals surface area contributed by atoms with Crippen molar-refractivity contribution in [1.29, 1.82) is 0 Å². The van der Waals surface area contributed by atoms with E-state index >= 15 is 0 Å². The molecule has 0 aliphatic carbocycles. The summed E-state index contributed by atoms with van der Waals surface area (Å²) in [5.41, 5.74) is 0. The Bertz CT molecular complexity index is 394. The van der Waals surface area contributed by atoms with Crippen LogP contribution in [0.2, 0.25) is 0 Å². The van der Waals surface area contributed by atoms with Crippen LogP contribution in [0.4, 0.5) is 4.79 Å². The first-order chi connectivity index (χ1) is 11.0. The molecule has 3 N–H and O–H groups in total. The van der Waals surface area contributed by atoms with Crippen LogP contribution in [0, 0.1) is 11.8 Å². The number of piperidine rings is 1. The van der Waals surface area contributed by atoms with Crippen LogP contribution in [0.1, 0.15) is 46.0 Å². The smallest absolute Gasteiger partial charge is 0.317 e. The van der Waals surface area contributed by atoms with E-state index in [9.17, 15) is 9.59 Å². The standard InChI is InChI=1S/C17H32N4O2/c1-13(2)10-20-17(23)21-8-4-5-14(12-21)9-16(22)19-11-15-6-3-7-18-15/h13-15,18H,3-12H2,1-2H3,(H,19,22)(H,20,23). The molecule has 2 fully saturated rings. The minimum absolute atomic E-state index is 0.0129. The van der Waals surface area contributed by atoms with Crippen LogP contribution >= 0.6 is 0 Å². The van der Waals surface area contributed by atoms with Crippen LogP contribution in [-0.2, 0) is 4.79 Å². The molecule has 0 aromatic carbocycles. The van der Waals surface area contributed by atoms with Gasteiger partial charge in [-0.3, -0.25) is 4.79 Å². The van der Waals surface area contributed by atoms with Crippen molar-refractivity contribution in [3.05, 3.63) is 0 Å². The fourth-order valence-corrected chi connectivity index (χ4v) is 3.32. The zero-order chi connectivity index (χ0) is 16.7. The number of urea groups is 1. The molecule has 3 amide bonds. The normalized spacial score (nSPS) is 24.7. The third-order valence-electron chi connectivity index (χ3n) is 4.65. The van der Waals surface area contributed by atoms with Gasteiger partial charge in [0.15, 0.2) is 0 Å². The minimum Gasteiger partial charge on any atom is -0.355 e. The van der Waals surface area contributed by atoms with E-state index in [0.29, 0.717) is 31.5 Å². The maximum Gasteiger partial charge on any atom is 0.317 e. The number of nitrogens with one attached hydrogen (secondary N) is 3. The maximum absolute atomic E-state index is 12.1. The number of hydrogen-bond acceptors (Lipinski definition) is 3. The molecule has 2 rings (SSSR count). The summed E-state index contributed by atoms with van der Waals surface area (Å²) in [6.07, 6.45) is 4.89. The van der Waals surface area contributed by atoms with Gasteiger partial charge in [-0.2, -0.15) is 0 Å². The summed E-state index contributed by atoms with van der Waals surface area (Å²) >= 11 is 0. The fraction of sp³-hybridized carbons (Fsp3) is 0.882. The third-order valence-corrected chi connectivity index (χ3v) is 4.65. The molecule has 2 heterocycles. The van der Waals surface area contributed by atoms with E-state index in [0.717, 1.165) is 38.9 Å². The fourth-order valence-electron chi connectivity index (χ4n) is 3.32. The Morgan fingerprint density at radius 2 is 2.04 bits per heavy atom. The molecule has 0 spiro atoms. The first kappa shape index (κ1) is 18.0. The predicted octanol–water partition coefficient (Wildman–Crippen LogP) is 1.32. The summed E-state index contributed by atoms with van der Waals surface area (Å²) in [4.78, 5) is 26.1. The Kier molecular flexibility index (Phi) is 7.15. The van der Waals surface area contributed by atoms with Gasteiger partial charge in [0.25, 0.3) is 0 Å². The second kappa shape index (κ2) is 9.11. The predicted molar refractivity (Wildman–Crippen MR) is 91.2 cm³/mol. The number of likely N-dealkylation sites (tertiary alicyclic amines) is 1. The molecular formula is C17H32N4O2. The summed E-state index contributed by atoms with van der Waals surface area (Å²) in [7, 11) is 0. The average molecular weight is 324 g/mol. The molecule has 2 atom stereocenters. The van der Waals surface area contributed by atoms with Gasteiger partial charge in [-0.05, 0) is 44.1 Å². The van der Waals surface area contributed by atoms with E-state index in [-0.39, 0.29) is 17.9 Å². The van der Waals surface area contributed by atoms with Crippen molar-refractivity contribution in [3.63, 3.8) is 0 Å². The average Bonchev–Trinajstić information content (AvgIpc) is 3.04. The highest BCUT2D eigenvalue weighted by atomic mass is 16.2. The molecule has 132 valence electrons. The largest absolute Gasteiger partial charge is 0.355 e. The van der Waals surface area contributed by atoms with Crippen molar-refractivity contribution in [2.45, 2.75) is 52.0 Å². The molecule has 0 radical (unpaired) electrons. The summed E-state index contributed by atoms with van der Waals surface area (Å²) in [5, 5.41) is 9.39. The van der Waals surface area contributed by atoms with Gasteiger partial charge < -0.3 is 20.9 Å². The highest BCUT2D eigenvalue weighted by Gasteiger charge is 2.25. The van der Waals surface area contributed by atoms with Crippen LogP contribution in [-0.4, -0.2) is 55.6 Å². The third kappa shape index (κ3) is 6.37. The Morgan fingerprint density at radius 3 is 2.74 bits per heavy atom. The van der Waals surface area contributed by atoms with E-state index in [1.807, 2.05) is 4.90 Å². The van der Waals surface area contributed by atoms with Crippen molar-refractivity contribution in [1.82, 2.24) is 20.9 Å². The molecule has 0 aromatic heterocycles. The van der Waals surface area contributed by atoms with Crippen molar-refractivity contribution >= 4 is 11.9 Å². The van der Waals surface area contributed by atoms with E-state index in [1.165, 1.54) is 6.42 Å². The van der Waals surface area contributed by atoms with Crippen molar-refractivity contribution in [2.75, 3.05) is 32.7 Å². The van der Waals surface area contributed by atoms with E-state index < -0.39 is 0 Å². The van der Waals surface area contributed by atoms with E-state index in [1.54, 1.807) is 0 Å². The number of carbonyl (C=O) groups excluding carboxylic acids is 2. The lowest BCUT2D eigenvalue weighted by molar-refractivity contribution is -0.122. The van der Waals surface area contributed by atoms with Gasteiger partial charge in [0.05, 0.1) is 0 Å². The first-order valence-corrected chi connectivity index (χ1v) is 9.07. The van der Waals surface area contributed by atoms with E-state index in [4.69, 9.17) is 0 Å². The zero-order valence-electron chi connectivity index (χ0n) is 14.6. The first-order valence-electron chi connectivity index (χ1n) is 9.07. The molecule has 2 saturated heterocycles.